The Hall–Kier alpha value is -0.290. The molecule has 0 spiro atoms. The highest BCUT2D eigenvalue weighted by Crippen LogP contribution is 2.27. The van der Waals surface area contributed by atoms with Gasteiger partial charge in [0.05, 0.1) is 14.9 Å². The lowest BCUT2D eigenvalue weighted by Gasteiger charge is -2.09. The van der Waals surface area contributed by atoms with Gasteiger partial charge < -0.3 is 0 Å². The lowest BCUT2D eigenvalue weighted by atomic mass is 10.2. The third-order valence-electron chi connectivity index (χ3n) is 2.05. The maximum Gasteiger partial charge on any atom is 0.240 e. The van der Waals surface area contributed by atoms with E-state index in [2.05, 4.69) is 4.72 Å². The summed E-state index contributed by atoms with van der Waals surface area (Å²) in [6, 6.07) is 2.92. The topological polar surface area (TPSA) is 46.2 Å². The van der Waals surface area contributed by atoms with Gasteiger partial charge in [-0.15, -0.1) is 0 Å². The van der Waals surface area contributed by atoms with Crippen molar-refractivity contribution >= 4 is 33.2 Å². The quantitative estimate of drug-likeness (QED) is 0.922. The first-order valence-corrected chi connectivity index (χ1v) is 7.07. The van der Waals surface area contributed by atoms with Crippen LogP contribution in [0.4, 0.5) is 0 Å². The van der Waals surface area contributed by atoms with E-state index < -0.39 is 10.0 Å². The Morgan fingerprint density at radius 1 is 1.25 bits per heavy atom. The third kappa shape index (κ3) is 3.10. The van der Waals surface area contributed by atoms with Gasteiger partial charge in [0.25, 0.3) is 0 Å². The van der Waals surface area contributed by atoms with Gasteiger partial charge in [-0.1, -0.05) is 30.1 Å². The van der Waals surface area contributed by atoms with Gasteiger partial charge in [-0.2, -0.15) is 0 Å². The van der Waals surface area contributed by atoms with Crippen molar-refractivity contribution in [1.29, 1.82) is 0 Å². The van der Waals surface area contributed by atoms with E-state index in [4.69, 9.17) is 23.2 Å². The van der Waals surface area contributed by atoms with Crippen LogP contribution >= 0.6 is 23.2 Å². The van der Waals surface area contributed by atoms with E-state index in [1.54, 1.807) is 13.0 Å². The largest absolute Gasteiger partial charge is 0.240 e. The van der Waals surface area contributed by atoms with E-state index in [-0.39, 0.29) is 9.92 Å². The highest BCUT2D eigenvalue weighted by atomic mass is 35.5. The SMILES string of the molecule is CCCNS(=O)(=O)c1cc(Cl)c(Cl)cc1C. The predicted octanol–water partition coefficient (Wildman–Crippen LogP) is 2.99. The summed E-state index contributed by atoms with van der Waals surface area (Å²) >= 11 is 11.6. The number of rotatable bonds is 4. The minimum absolute atomic E-state index is 0.176. The average molecular weight is 282 g/mol. The Kier molecular flexibility index (Phi) is 4.62. The molecular formula is C10H13Cl2NO2S. The van der Waals surface area contributed by atoms with Crippen molar-refractivity contribution in [3.63, 3.8) is 0 Å². The van der Waals surface area contributed by atoms with Crippen LogP contribution in [-0.4, -0.2) is 15.0 Å². The monoisotopic (exact) mass is 281 g/mol. The molecule has 0 saturated carbocycles. The van der Waals surface area contributed by atoms with E-state index in [0.717, 1.165) is 6.42 Å². The van der Waals surface area contributed by atoms with E-state index in [0.29, 0.717) is 17.1 Å². The second kappa shape index (κ2) is 5.36. The van der Waals surface area contributed by atoms with Crippen molar-refractivity contribution in [3.05, 3.63) is 27.7 Å². The molecule has 90 valence electrons. The average Bonchev–Trinajstić information content (AvgIpc) is 2.20. The Balaban J connectivity index is 3.18. The molecule has 3 nitrogen and oxygen atoms in total. The lowest BCUT2D eigenvalue weighted by molar-refractivity contribution is 0.580. The number of benzene rings is 1. The third-order valence-corrected chi connectivity index (χ3v) is 4.37. The maximum absolute atomic E-state index is 11.9. The van der Waals surface area contributed by atoms with Gasteiger partial charge in [-0.05, 0) is 31.0 Å². The van der Waals surface area contributed by atoms with Crippen LogP contribution in [0.3, 0.4) is 0 Å². The van der Waals surface area contributed by atoms with Gasteiger partial charge in [0, 0.05) is 6.54 Å². The van der Waals surface area contributed by atoms with Crippen molar-refractivity contribution in [2.24, 2.45) is 0 Å². The first-order valence-electron chi connectivity index (χ1n) is 4.83. The molecule has 16 heavy (non-hydrogen) atoms. The normalized spacial score (nSPS) is 11.8. The predicted molar refractivity (Wildman–Crippen MR) is 66.7 cm³/mol. The molecule has 0 atom stereocenters. The molecule has 0 saturated heterocycles. The van der Waals surface area contributed by atoms with Crippen molar-refractivity contribution in [3.8, 4) is 0 Å². The van der Waals surface area contributed by atoms with E-state index in [9.17, 15) is 8.42 Å². The van der Waals surface area contributed by atoms with Crippen LogP contribution in [0.1, 0.15) is 18.9 Å². The number of sulfonamides is 1. The Morgan fingerprint density at radius 2 is 1.81 bits per heavy atom. The zero-order valence-electron chi connectivity index (χ0n) is 9.05. The second-order valence-electron chi connectivity index (χ2n) is 3.43. The van der Waals surface area contributed by atoms with Gasteiger partial charge in [0.15, 0.2) is 0 Å². The molecule has 1 aromatic carbocycles. The fourth-order valence-corrected chi connectivity index (χ4v) is 3.06. The smallest absolute Gasteiger partial charge is 0.211 e. The molecule has 0 radical (unpaired) electrons. The first kappa shape index (κ1) is 13.8. The van der Waals surface area contributed by atoms with Gasteiger partial charge in [-0.3, -0.25) is 0 Å². The van der Waals surface area contributed by atoms with Crippen molar-refractivity contribution in [2.45, 2.75) is 25.2 Å². The highest BCUT2D eigenvalue weighted by molar-refractivity contribution is 7.89. The summed E-state index contributed by atoms with van der Waals surface area (Å²) in [5.74, 6) is 0. The molecule has 0 aliphatic rings. The molecule has 0 amide bonds. The minimum atomic E-state index is -3.49. The lowest BCUT2D eigenvalue weighted by Crippen LogP contribution is -2.25. The molecule has 6 heteroatoms. The molecule has 0 aliphatic heterocycles. The summed E-state index contributed by atoms with van der Waals surface area (Å²) < 4.78 is 26.2. The zero-order valence-corrected chi connectivity index (χ0v) is 11.4. The van der Waals surface area contributed by atoms with Crippen molar-refractivity contribution in [1.82, 2.24) is 4.72 Å². The van der Waals surface area contributed by atoms with E-state index >= 15 is 0 Å². The summed E-state index contributed by atoms with van der Waals surface area (Å²) in [7, 11) is -3.49. The summed E-state index contributed by atoms with van der Waals surface area (Å²) in [4.78, 5) is 0.176. The number of aryl methyl sites for hydroxylation is 1. The highest BCUT2D eigenvalue weighted by Gasteiger charge is 2.17. The van der Waals surface area contributed by atoms with E-state index in [1.165, 1.54) is 6.07 Å². The van der Waals surface area contributed by atoms with Crippen LogP contribution < -0.4 is 4.72 Å². The Morgan fingerprint density at radius 3 is 2.38 bits per heavy atom. The van der Waals surface area contributed by atoms with Crippen LogP contribution in [0.5, 0.6) is 0 Å². The molecule has 0 bridgehead atoms. The van der Waals surface area contributed by atoms with Crippen LogP contribution in [0.25, 0.3) is 0 Å². The fourth-order valence-electron chi connectivity index (χ4n) is 1.23. The molecule has 0 fully saturated rings. The summed E-state index contributed by atoms with van der Waals surface area (Å²) in [5.41, 5.74) is 0.581. The molecular weight excluding hydrogens is 269 g/mol. The van der Waals surface area contributed by atoms with E-state index in [1.807, 2.05) is 6.92 Å². The van der Waals surface area contributed by atoms with Crippen molar-refractivity contribution < 1.29 is 8.42 Å². The molecule has 0 aromatic heterocycles. The number of hydrogen-bond donors (Lipinski definition) is 1. The molecule has 1 rings (SSSR count). The van der Waals surface area contributed by atoms with Crippen molar-refractivity contribution in [2.75, 3.05) is 6.54 Å². The molecule has 0 aliphatic carbocycles. The maximum atomic E-state index is 11.9. The number of halogens is 2. The zero-order chi connectivity index (χ0) is 12.3. The Bertz CT molecular complexity index is 486. The van der Waals surface area contributed by atoms with Crippen LogP contribution in [0.15, 0.2) is 17.0 Å². The van der Waals surface area contributed by atoms with Crippen LogP contribution in [0, 0.1) is 6.92 Å². The van der Waals surface area contributed by atoms with Crippen LogP contribution in [-0.2, 0) is 10.0 Å². The minimum Gasteiger partial charge on any atom is -0.211 e. The number of hydrogen-bond acceptors (Lipinski definition) is 2. The molecule has 1 aromatic rings. The van der Waals surface area contributed by atoms with Gasteiger partial charge in [0.1, 0.15) is 0 Å². The van der Waals surface area contributed by atoms with Gasteiger partial charge in [0.2, 0.25) is 10.0 Å². The van der Waals surface area contributed by atoms with Gasteiger partial charge in [-0.25, -0.2) is 13.1 Å². The summed E-state index contributed by atoms with van der Waals surface area (Å²) in [6.45, 7) is 3.98. The second-order valence-corrected chi connectivity index (χ2v) is 5.98. The van der Waals surface area contributed by atoms with Gasteiger partial charge >= 0.3 is 0 Å². The molecule has 0 heterocycles. The first-order chi connectivity index (χ1) is 7.38. The van der Waals surface area contributed by atoms with Crippen LogP contribution in [0.2, 0.25) is 10.0 Å². The standard InChI is InChI=1S/C10H13Cl2NO2S/c1-3-4-13-16(14,15)10-6-9(12)8(11)5-7(10)2/h5-6,13H,3-4H2,1-2H3. The summed E-state index contributed by atoms with van der Waals surface area (Å²) in [6.07, 6.45) is 0.736. The molecule has 1 N–H and O–H groups in total. The molecule has 0 unspecified atom stereocenters. The summed E-state index contributed by atoms with van der Waals surface area (Å²) in [5, 5.41) is 0.595. The number of nitrogens with one attached hydrogen (secondary N) is 1. The fraction of sp³-hybridized carbons (Fsp3) is 0.400. The Labute approximate surface area is 106 Å².